The second kappa shape index (κ2) is 3.79. The minimum absolute atomic E-state index is 0.0114. The molecule has 114 valence electrons. The van der Waals surface area contributed by atoms with Gasteiger partial charge in [0.1, 0.15) is 5.82 Å². The molecule has 1 aliphatic rings. The number of aryl methyl sites for hydroxylation is 1. The van der Waals surface area contributed by atoms with Gasteiger partial charge in [-0.3, -0.25) is 0 Å². The van der Waals surface area contributed by atoms with E-state index in [9.17, 15) is 36.6 Å². The second-order valence-electron chi connectivity index (χ2n) is 4.56. The van der Waals surface area contributed by atoms with E-state index in [0.717, 1.165) is 6.07 Å². The van der Waals surface area contributed by atoms with Crippen LogP contribution < -0.4 is 5.32 Å². The van der Waals surface area contributed by atoms with E-state index in [2.05, 4.69) is 5.10 Å². The maximum absolute atomic E-state index is 12.9. The average Bonchev–Trinajstić information content (AvgIpc) is 2.55. The molecular formula is C9H9F6N3O2. The SMILES string of the molecule is Cc1cc2n(n1)[C@](O)(C(F)(F)F)C[C@](O)(C(F)(F)F)N2. The van der Waals surface area contributed by atoms with Crippen LogP contribution in [0.2, 0.25) is 0 Å². The summed E-state index contributed by atoms with van der Waals surface area (Å²) in [5, 5.41) is 23.9. The van der Waals surface area contributed by atoms with Crippen LogP contribution >= 0.6 is 0 Å². The third kappa shape index (κ3) is 1.92. The number of hydrogen-bond acceptors (Lipinski definition) is 4. The van der Waals surface area contributed by atoms with Crippen LogP contribution in [0.3, 0.4) is 0 Å². The summed E-state index contributed by atoms with van der Waals surface area (Å²) in [6, 6.07) is 0.854. The van der Waals surface area contributed by atoms with Gasteiger partial charge < -0.3 is 15.5 Å². The Labute approximate surface area is 107 Å². The van der Waals surface area contributed by atoms with Crippen molar-refractivity contribution in [2.45, 2.75) is 37.1 Å². The van der Waals surface area contributed by atoms with E-state index >= 15 is 0 Å². The molecule has 3 N–H and O–H groups in total. The van der Waals surface area contributed by atoms with Gasteiger partial charge in [0.25, 0.3) is 5.72 Å². The summed E-state index contributed by atoms with van der Waals surface area (Å²) in [7, 11) is 0. The third-order valence-electron chi connectivity index (χ3n) is 2.94. The van der Waals surface area contributed by atoms with Gasteiger partial charge in [-0.25, -0.2) is 4.68 Å². The summed E-state index contributed by atoms with van der Waals surface area (Å²) in [5.74, 6) is -0.784. The summed E-state index contributed by atoms with van der Waals surface area (Å²) in [6.45, 7) is 1.23. The van der Waals surface area contributed by atoms with Gasteiger partial charge in [-0.15, -0.1) is 0 Å². The molecule has 1 aliphatic heterocycles. The third-order valence-corrected chi connectivity index (χ3v) is 2.94. The zero-order valence-electron chi connectivity index (χ0n) is 9.84. The molecule has 2 rings (SSSR count). The molecule has 1 aromatic rings. The molecule has 2 atom stereocenters. The highest BCUT2D eigenvalue weighted by atomic mass is 19.4. The van der Waals surface area contributed by atoms with Crippen molar-refractivity contribution in [3.63, 3.8) is 0 Å². The number of alkyl halides is 6. The fourth-order valence-corrected chi connectivity index (χ4v) is 1.95. The lowest BCUT2D eigenvalue weighted by Gasteiger charge is -2.44. The first-order chi connectivity index (χ1) is 8.80. The van der Waals surface area contributed by atoms with Crippen molar-refractivity contribution in [3.8, 4) is 0 Å². The topological polar surface area (TPSA) is 70.3 Å². The lowest BCUT2D eigenvalue weighted by Crippen LogP contribution is -2.64. The Morgan fingerprint density at radius 2 is 1.75 bits per heavy atom. The van der Waals surface area contributed by atoms with Crippen LogP contribution in [0.25, 0.3) is 0 Å². The van der Waals surface area contributed by atoms with Gasteiger partial charge in [0.2, 0.25) is 5.72 Å². The van der Waals surface area contributed by atoms with Gasteiger partial charge in [0.15, 0.2) is 0 Å². The van der Waals surface area contributed by atoms with E-state index in [1.54, 1.807) is 0 Å². The van der Waals surface area contributed by atoms with Crippen molar-refractivity contribution >= 4 is 5.82 Å². The van der Waals surface area contributed by atoms with E-state index in [0.29, 0.717) is 0 Å². The van der Waals surface area contributed by atoms with Gasteiger partial charge in [-0.2, -0.15) is 31.4 Å². The van der Waals surface area contributed by atoms with Gasteiger partial charge >= 0.3 is 12.4 Å². The minimum atomic E-state index is -5.46. The maximum atomic E-state index is 12.9. The number of aliphatic hydroxyl groups is 2. The molecule has 20 heavy (non-hydrogen) atoms. The zero-order chi connectivity index (χ0) is 15.6. The number of aromatic nitrogens is 2. The number of halogens is 6. The van der Waals surface area contributed by atoms with E-state index in [1.165, 1.54) is 12.2 Å². The second-order valence-corrected chi connectivity index (χ2v) is 4.56. The van der Waals surface area contributed by atoms with Crippen LogP contribution in [0.5, 0.6) is 0 Å². The molecule has 1 aromatic heterocycles. The van der Waals surface area contributed by atoms with Crippen molar-refractivity contribution in [1.82, 2.24) is 9.78 Å². The molecule has 5 nitrogen and oxygen atoms in total. The molecule has 0 aromatic carbocycles. The van der Waals surface area contributed by atoms with Crippen molar-refractivity contribution in [1.29, 1.82) is 0 Å². The van der Waals surface area contributed by atoms with Gasteiger partial charge in [-0.05, 0) is 6.92 Å². The van der Waals surface area contributed by atoms with Crippen LogP contribution in [0.1, 0.15) is 12.1 Å². The highest BCUT2D eigenvalue weighted by molar-refractivity contribution is 5.43. The molecule has 11 heteroatoms. The van der Waals surface area contributed by atoms with Crippen LogP contribution in [-0.2, 0) is 5.72 Å². The normalized spacial score (nSPS) is 30.9. The van der Waals surface area contributed by atoms with Crippen molar-refractivity contribution in [3.05, 3.63) is 11.8 Å². The molecule has 0 bridgehead atoms. The summed E-state index contributed by atoms with van der Waals surface area (Å²) < 4.78 is 77.0. The quantitative estimate of drug-likeness (QED) is 0.635. The van der Waals surface area contributed by atoms with Gasteiger partial charge in [0, 0.05) is 6.07 Å². The van der Waals surface area contributed by atoms with Crippen LogP contribution in [0.4, 0.5) is 32.2 Å². The van der Waals surface area contributed by atoms with Crippen LogP contribution in [-0.4, -0.2) is 38.1 Å². The Morgan fingerprint density at radius 1 is 1.20 bits per heavy atom. The Hall–Kier alpha value is -1.49. The molecule has 2 heterocycles. The molecule has 0 saturated heterocycles. The Bertz CT molecular complexity index is 539. The maximum Gasteiger partial charge on any atom is 0.438 e. The largest absolute Gasteiger partial charge is 0.438 e. The predicted octanol–water partition coefficient (Wildman–Crippen LogP) is 1.47. The monoisotopic (exact) mass is 305 g/mol. The van der Waals surface area contributed by atoms with Gasteiger partial charge in [0.05, 0.1) is 12.1 Å². The van der Waals surface area contributed by atoms with E-state index in [1.807, 2.05) is 0 Å². The predicted molar refractivity (Wildman–Crippen MR) is 52.5 cm³/mol. The number of anilines is 1. The van der Waals surface area contributed by atoms with Gasteiger partial charge in [-0.1, -0.05) is 0 Å². The Kier molecular flexibility index (Phi) is 2.82. The fraction of sp³-hybridized carbons (Fsp3) is 0.667. The molecular weight excluding hydrogens is 296 g/mol. The van der Waals surface area contributed by atoms with Crippen molar-refractivity contribution in [2.24, 2.45) is 0 Å². The molecule has 0 saturated carbocycles. The number of nitrogens with one attached hydrogen (secondary N) is 1. The number of rotatable bonds is 0. The summed E-state index contributed by atoms with van der Waals surface area (Å²) in [6.07, 6.45) is -12.9. The first kappa shape index (κ1) is 14.9. The Morgan fingerprint density at radius 3 is 2.20 bits per heavy atom. The highest BCUT2D eigenvalue weighted by Gasteiger charge is 2.69. The first-order valence-corrected chi connectivity index (χ1v) is 5.24. The lowest BCUT2D eigenvalue weighted by molar-refractivity contribution is -0.345. The molecule has 0 unspecified atom stereocenters. The number of hydrogen-bond donors (Lipinski definition) is 3. The lowest BCUT2D eigenvalue weighted by atomic mass is 9.96. The van der Waals surface area contributed by atoms with E-state index in [4.69, 9.17) is 0 Å². The van der Waals surface area contributed by atoms with Crippen molar-refractivity contribution < 1.29 is 36.6 Å². The molecule has 0 aliphatic carbocycles. The molecule has 0 radical (unpaired) electrons. The van der Waals surface area contributed by atoms with E-state index < -0.39 is 36.0 Å². The van der Waals surface area contributed by atoms with Crippen molar-refractivity contribution in [2.75, 3.05) is 5.32 Å². The highest BCUT2D eigenvalue weighted by Crippen LogP contribution is 2.49. The molecule has 0 spiro atoms. The smallest absolute Gasteiger partial charge is 0.363 e. The van der Waals surface area contributed by atoms with Crippen LogP contribution in [0, 0.1) is 6.92 Å². The van der Waals surface area contributed by atoms with Crippen LogP contribution in [0.15, 0.2) is 6.07 Å². The molecule has 0 amide bonds. The number of fused-ring (bicyclic) bond motifs is 1. The average molecular weight is 305 g/mol. The summed E-state index contributed by atoms with van der Waals surface area (Å²) in [5.41, 5.74) is -7.94. The Balaban J connectivity index is 2.64. The number of nitrogens with zero attached hydrogens (tertiary/aromatic N) is 2. The standard InChI is InChI=1S/C9H9F6N3O2/c1-4-2-5-16-6(19,8(10,11)12)3-7(20,9(13,14)15)18(5)17-4/h2,16,19-20H,3H2,1H3/t6-,7+/m0/s1. The summed E-state index contributed by atoms with van der Waals surface area (Å²) in [4.78, 5) is 0. The fourth-order valence-electron chi connectivity index (χ4n) is 1.95. The first-order valence-electron chi connectivity index (χ1n) is 5.24. The van der Waals surface area contributed by atoms with E-state index in [-0.39, 0.29) is 10.4 Å². The minimum Gasteiger partial charge on any atom is -0.363 e. The zero-order valence-corrected chi connectivity index (χ0v) is 9.84. The molecule has 0 fully saturated rings. The summed E-state index contributed by atoms with van der Waals surface area (Å²) >= 11 is 0.